The number of hydrogen-bond acceptors (Lipinski definition) is 2. The molecule has 2 heteroatoms. The molecule has 0 heterocycles. The number of carbonyl (C=O) groups is 1. The Morgan fingerprint density at radius 2 is 1.39 bits per heavy atom. The summed E-state index contributed by atoms with van der Waals surface area (Å²) in [5.41, 5.74) is 5.17. The average Bonchev–Trinajstić information content (AvgIpc) is 2.63. The zero-order chi connectivity index (χ0) is 16.1. The van der Waals surface area contributed by atoms with E-state index in [0.29, 0.717) is 12.0 Å². The minimum Gasteiger partial charge on any atom is -0.465 e. The van der Waals surface area contributed by atoms with Gasteiger partial charge in [0.25, 0.3) is 0 Å². The van der Waals surface area contributed by atoms with Gasteiger partial charge in [-0.25, -0.2) is 4.79 Å². The Morgan fingerprint density at radius 3 is 2.09 bits per heavy atom. The third-order valence-electron chi connectivity index (χ3n) is 3.88. The molecule has 0 aliphatic rings. The van der Waals surface area contributed by atoms with Crippen LogP contribution in [0.1, 0.15) is 21.5 Å². The highest BCUT2D eigenvalue weighted by Gasteiger charge is 2.11. The molecule has 0 saturated heterocycles. The standard InChI is InChI=1S/C21H18O2/c1-23-21(22)20-10-6-5-9-19(20)15-16-11-13-18(14-12-16)17-7-3-2-4-8-17/h2-14H,15H2,1H3. The van der Waals surface area contributed by atoms with Gasteiger partial charge in [-0.15, -0.1) is 0 Å². The van der Waals surface area contributed by atoms with Crippen LogP contribution in [0.5, 0.6) is 0 Å². The zero-order valence-corrected chi connectivity index (χ0v) is 13.0. The highest BCUT2D eigenvalue weighted by atomic mass is 16.5. The fourth-order valence-corrected chi connectivity index (χ4v) is 2.65. The molecule has 0 spiro atoms. The van der Waals surface area contributed by atoms with Crippen LogP contribution in [0.15, 0.2) is 78.9 Å². The smallest absolute Gasteiger partial charge is 0.338 e. The topological polar surface area (TPSA) is 26.3 Å². The molecule has 0 aliphatic heterocycles. The highest BCUT2D eigenvalue weighted by molar-refractivity contribution is 5.91. The van der Waals surface area contributed by atoms with Crippen molar-refractivity contribution in [2.24, 2.45) is 0 Å². The summed E-state index contributed by atoms with van der Waals surface area (Å²) in [4.78, 5) is 11.8. The molecule has 3 aromatic carbocycles. The second kappa shape index (κ2) is 6.93. The van der Waals surface area contributed by atoms with Crippen LogP contribution in [-0.2, 0) is 11.2 Å². The molecule has 3 aromatic rings. The van der Waals surface area contributed by atoms with Crippen LogP contribution in [0, 0.1) is 0 Å². The van der Waals surface area contributed by atoms with Crippen LogP contribution >= 0.6 is 0 Å². The van der Waals surface area contributed by atoms with Crippen molar-refractivity contribution in [3.05, 3.63) is 95.6 Å². The molecule has 0 bridgehead atoms. The first-order valence-electron chi connectivity index (χ1n) is 7.58. The normalized spacial score (nSPS) is 10.3. The van der Waals surface area contributed by atoms with Crippen molar-refractivity contribution >= 4 is 5.97 Å². The first-order chi connectivity index (χ1) is 11.3. The molecule has 0 N–H and O–H groups in total. The number of rotatable bonds is 4. The fourth-order valence-electron chi connectivity index (χ4n) is 2.65. The SMILES string of the molecule is COC(=O)c1ccccc1Cc1ccc(-c2ccccc2)cc1. The monoisotopic (exact) mass is 302 g/mol. The highest BCUT2D eigenvalue weighted by Crippen LogP contribution is 2.21. The summed E-state index contributed by atoms with van der Waals surface area (Å²) < 4.78 is 4.85. The maximum absolute atomic E-state index is 11.8. The predicted octanol–water partition coefficient (Wildman–Crippen LogP) is 4.73. The molecule has 0 radical (unpaired) electrons. The number of methoxy groups -OCH3 is 1. The molecule has 0 aliphatic carbocycles. The Morgan fingerprint density at radius 1 is 0.783 bits per heavy atom. The van der Waals surface area contributed by atoms with Crippen LogP contribution in [-0.4, -0.2) is 13.1 Å². The summed E-state index contributed by atoms with van der Waals surface area (Å²) in [6.07, 6.45) is 0.709. The molecule has 23 heavy (non-hydrogen) atoms. The predicted molar refractivity (Wildman–Crippen MR) is 92.5 cm³/mol. The zero-order valence-electron chi connectivity index (χ0n) is 13.0. The van der Waals surface area contributed by atoms with E-state index in [1.165, 1.54) is 23.8 Å². The van der Waals surface area contributed by atoms with E-state index in [2.05, 4.69) is 36.4 Å². The van der Waals surface area contributed by atoms with Gasteiger partial charge in [0.05, 0.1) is 12.7 Å². The number of carbonyl (C=O) groups excluding carboxylic acids is 1. The Hall–Kier alpha value is -2.87. The molecule has 0 fully saturated rings. The molecular formula is C21H18O2. The molecule has 2 nitrogen and oxygen atoms in total. The average molecular weight is 302 g/mol. The first kappa shape index (κ1) is 15.0. The second-order valence-electron chi connectivity index (χ2n) is 5.39. The number of hydrogen-bond donors (Lipinski definition) is 0. The van der Waals surface area contributed by atoms with Gasteiger partial charge in [-0.3, -0.25) is 0 Å². The van der Waals surface area contributed by atoms with E-state index in [1.807, 2.05) is 36.4 Å². The van der Waals surface area contributed by atoms with E-state index < -0.39 is 0 Å². The third kappa shape index (κ3) is 3.49. The first-order valence-corrected chi connectivity index (χ1v) is 7.58. The summed E-state index contributed by atoms with van der Waals surface area (Å²) in [7, 11) is 1.41. The van der Waals surface area contributed by atoms with Crippen molar-refractivity contribution in [1.29, 1.82) is 0 Å². The van der Waals surface area contributed by atoms with E-state index in [9.17, 15) is 4.79 Å². The van der Waals surface area contributed by atoms with E-state index in [4.69, 9.17) is 4.74 Å². The minimum atomic E-state index is -0.290. The fraction of sp³-hybridized carbons (Fsp3) is 0.0952. The molecular weight excluding hydrogens is 284 g/mol. The number of ether oxygens (including phenoxy) is 1. The summed E-state index contributed by atoms with van der Waals surface area (Å²) >= 11 is 0. The van der Waals surface area contributed by atoms with E-state index in [0.717, 1.165) is 5.56 Å². The summed E-state index contributed by atoms with van der Waals surface area (Å²) in [5, 5.41) is 0. The van der Waals surface area contributed by atoms with Crippen molar-refractivity contribution < 1.29 is 9.53 Å². The lowest BCUT2D eigenvalue weighted by Crippen LogP contribution is -2.05. The molecule has 0 aromatic heterocycles. The van der Waals surface area contributed by atoms with Gasteiger partial charge in [-0.2, -0.15) is 0 Å². The molecule has 3 rings (SSSR count). The van der Waals surface area contributed by atoms with Gasteiger partial charge in [-0.1, -0.05) is 72.8 Å². The maximum atomic E-state index is 11.8. The minimum absolute atomic E-state index is 0.290. The third-order valence-corrected chi connectivity index (χ3v) is 3.88. The van der Waals surface area contributed by atoms with Crippen LogP contribution in [0.3, 0.4) is 0 Å². The van der Waals surface area contributed by atoms with Crippen molar-refractivity contribution in [3.63, 3.8) is 0 Å². The van der Waals surface area contributed by atoms with Gasteiger partial charge < -0.3 is 4.74 Å². The van der Waals surface area contributed by atoms with Gasteiger partial charge >= 0.3 is 5.97 Å². The molecule has 0 atom stereocenters. The van der Waals surface area contributed by atoms with Crippen LogP contribution in [0.25, 0.3) is 11.1 Å². The summed E-state index contributed by atoms with van der Waals surface area (Å²) in [5.74, 6) is -0.290. The Bertz CT molecular complexity index is 790. The molecule has 0 saturated carbocycles. The number of benzene rings is 3. The van der Waals surface area contributed by atoms with Crippen LogP contribution in [0.4, 0.5) is 0 Å². The van der Waals surface area contributed by atoms with Gasteiger partial charge in [0.15, 0.2) is 0 Å². The van der Waals surface area contributed by atoms with Gasteiger partial charge in [-0.05, 0) is 34.7 Å². The Labute approximate surface area is 136 Å². The summed E-state index contributed by atoms with van der Waals surface area (Å²) in [6.45, 7) is 0. The van der Waals surface area contributed by atoms with Crippen molar-refractivity contribution in [3.8, 4) is 11.1 Å². The lowest BCUT2D eigenvalue weighted by molar-refractivity contribution is 0.0599. The summed E-state index contributed by atoms with van der Waals surface area (Å²) in [6, 6.07) is 26.3. The van der Waals surface area contributed by atoms with E-state index >= 15 is 0 Å². The maximum Gasteiger partial charge on any atom is 0.338 e. The van der Waals surface area contributed by atoms with Crippen LogP contribution in [0.2, 0.25) is 0 Å². The van der Waals surface area contributed by atoms with Crippen molar-refractivity contribution in [2.75, 3.05) is 7.11 Å². The van der Waals surface area contributed by atoms with E-state index in [1.54, 1.807) is 6.07 Å². The molecule has 0 unspecified atom stereocenters. The van der Waals surface area contributed by atoms with Gasteiger partial charge in [0, 0.05) is 0 Å². The molecule has 0 amide bonds. The van der Waals surface area contributed by atoms with Crippen molar-refractivity contribution in [2.45, 2.75) is 6.42 Å². The van der Waals surface area contributed by atoms with Gasteiger partial charge in [0.2, 0.25) is 0 Å². The van der Waals surface area contributed by atoms with Gasteiger partial charge in [0.1, 0.15) is 0 Å². The Balaban J connectivity index is 1.83. The lowest BCUT2D eigenvalue weighted by atomic mass is 9.97. The number of esters is 1. The largest absolute Gasteiger partial charge is 0.465 e. The quantitative estimate of drug-likeness (QED) is 0.651. The Kier molecular flexibility index (Phi) is 4.53. The van der Waals surface area contributed by atoms with Crippen LogP contribution < -0.4 is 0 Å². The van der Waals surface area contributed by atoms with E-state index in [-0.39, 0.29) is 5.97 Å². The lowest BCUT2D eigenvalue weighted by Gasteiger charge is -2.09. The second-order valence-corrected chi connectivity index (χ2v) is 5.39. The molecule has 114 valence electrons. The van der Waals surface area contributed by atoms with Crippen molar-refractivity contribution in [1.82, 2.24) is 0 Å².